The molecule has 0 aliphatic heterocycles. The van der Waals surface area contributed by atoms with Crippen LogP contribution < -0.4 is 11.1 Å². The second kappa shape index (κ2) is 7.83. The van der Waals surface area contributed by atoms with Crippen molar-refractivity contribution in [2.24, 2.45) is 0 Å². The molecular weight excluding hydrogens is 382 g/mol. The minimum atomic E-state index is -0.675. The number of ether oxygens (including phenoxy) is 1. The van der Waals surface area contributed by atoms with Crippen molar-refractivity contribution in [3.8, 4) is 12.0 Å². The Hall–Kier alpha value is -3.93. The smallest absolute Gasteiger partial charge is 0.344 e. The van der Waals surface area contributed by atoms with Crippen molar-refractivity contribution in [3.05, 3.63) is 52.8 Å². The lowest BCUT2D eigenvalue weighted by Gasteiger charge is -2.19. The molecule has 9 nitrogen and oxygen atoms in total. The Morgan fingerprint density at radius 1 is 1.27 bits per heavy atom. The molecule has 0 aliphatic carbocycles. The Kier molecular flexibility index (Phi) is 5.43. The third kappa shape index (κ3) is 4.38. The van der Waals surface area contributed by atoms with Crippen LogP contribution >= 0.6 is 0 Å². The number of benzene rings is 1. The summed E-state index contributed by atoms with van der Waals surface area (Å²) in [5, 5.41) is 16.7. The van der Waals surface area contributed by atoms with E-state index < -0.39 is 11.6 Å². The fourth-order valence-corrected chi connectivity index (χ4v) is 2.68. The highest BCUT2D eigenvalue weighted by Gasteiger charge is 2.24. The summed E-state index contributed by atoms with van der Waals surface area (Å²) in [5.74, 6) is -0.110. The maximum absolute atomic E-state index is 12.4. The van der Waals surface area contributed by atoms with Crippen molar-refractivity contribution >= 4 is 23.3 Å². The molecule has 3 N–H and O–H groups in total. The van der Waals surface area contributed by atoms with Crippen LogP contribution in [-0.2, 0) is 4.74 Å². The van der Waals surface area contributed by atoms with Crippen LogP contribution in [0.3, 0.4) is 0 Å². The molecule has 0 unspecified atom stereocenters. The molecule has 2 aromatic heterocycles. The summed E-state index contributed by atoms with van der Waals surface area (Å²) in [5.41, 5.74) is 8.69. The van der Waals surface area contributed by atoms with E-state index in [0.29, 0.717) is 5.82 Å². The van der Waals surface area contributed by atoms with E-state index in [1.807, 2.05) is 38.1 Å². The van der Waals surface area contributed by atoms with E-state index in [9.17, 15) is 10.1 Å². The predicted octanol–water partition coefficient (Wildman–Crippen LogP) is 3.43. The Morgan fingerprint density at radius 3 is 2.67 bits per heavy atom. The molecule has 2 heterocycles. The second-order valence-electron chi connectivity index (χ2n) is 7.78. The fraction of sp³-hybridized carbons (Fsp3) is 0.286. The highest BCUT2D eigenvalue weighted by atomic mass is 16.6. The Balaban J connectivity index is 1.99. The van der Waals surface area contributed by atoms with Gasteiger partial charge in [-0.15, -0.1) is 0 Å². The van der Waals surface area contributed by atoms with Crippen LogP contribution in [0.2, 0.25) is 0 Å². The van der Waals surface area contributed by atoms with E-state index in [4.69, 9.17) is 10.5 Å². The number of rotatable bonds is 4. The number of nitrogens with two attached hydrogens (primary N) is 1. The predicted molar refractivity (Wildman–Crippen MR) is 113 cm³/mol. The van der Waals surface area contributed by atoms with Crippen LogP contribution in [0.25, 0.3) is 5.95 Å². The van der Waals surface area contributed by atoms with Crippen LogP contribution in [-0.4, -0.2) is 31.3 Å². The second-order valence-corrected chi connectivity index (χ2v) is 7.78. The van der Waals surface area contributed by atoms with Crippen LogP contribution in [0.15, 0.2) is 30.5 Å². The van der Waals surface area contributed by atoms with E-state index in [2.05, 4.69) is 20.4 Å². The zero-order valence-corrected chi connectivity index (χ0v) is 17.5. The van der Waals surface area contributed by atoms with Crippen molar-refractivity contribution in [2.45, 2.75) is 40.2 Å². The van der Waals surface area contributed by atoms with Crippen LogP contribution in [0.5, 0.6) is 0 Å². The monoisotopic (exact) mass is 405 g/mol. The molecule has 0 fully saturated rings. The number of nitrogens with one attached hydrogen (secondary N) is 1. The first-order valence-electron chi connectivity index (χ1n) is 9.28. The largest absolute Gasteiger partial charge is 0.456 e. The standard InChI is InChI=1S/C21H23N7O2/c1-12-7-6-8-16(13(12)2)26-17-9-14(10-22)25-20(27-17)28-18(23)15(11-24-28)19(29)30-21(3,4)5/h6-9,11H,23H2,1-5H3,(H,25,26,27). The third-order valence-corrected chi connectivity index (χ3v) is 4.31. The topological polar surface area (TPSA) is 132 Å². The van der Waals surface area contributed by atoms with Gasteiger partial charge in [0.25, 0.3) is 5.95 Å². The third-order valence-electron chi connectivity index (χ3n) is 4.31. The van der Waals surface area contributed by atoms with Gasteiger partial charge in [0.1, 0.15) is 34.6 Å². The molecular formula is C21H23N7O2. The molecule has 0 aliphatic rings. The summed E-state index contributed by atoms with van der Waals surface area (Å²) in [6, 6.07) is 9.38. The lowest BCUT2D eigenvalue weighted by Crippen LogP contribution is -2.24. The van der Waals surface area contributed by atoms with E-state index in [-0.39, 0.29) is 23.0 Å². The van der Waals surface area contributed by atoms with Gasteiger partial charge in [0.2, 0.25) is 0 Å². The highest BCUT2D eigenvalue weighted by molar-refractivity contribution is 5.94. The summed E-state index contributed by atoms with van der Waals surface area (Å²) in [7, 11) is 0. The molecule has 0 saturated heterocycles. The first-order valence-corrected chi connectivity index (χ1v) is 9.28. The molecule has 0 spiro atoms. The lowest BCUT2D eigenvalue weighted by atomic mass is 10.1. The van der Waals surface area contributed by atoms with Gasteiger partial charge >= 0.3 is 5.97 Å². The lowest BCUT2D eigenvalue weighted by molar-refractivity contribution is 0.00708. The zero-order chi connectivity index (χ0) is 22.1. The first-order chi connectivity index (χ1) is 14.1. The maximum atomic E-state index is 12.4. The van der Waals surface area contributed by atoms with Crippen molar-refractivity contribution in [2.75, 3.05) is 11.1 Å². The van der Waals surface area contributed by atoms with Gasteiger partial charge in [-0.05, 0) is 51.8 Å². The number of hydrogen-bond acceptors (Lipinski definition) is 8. The molecule has 3 aromatic rings. The van der Waals surface area contributed by atoms with Gasteiger partial charge in [0, 0.05) is 11.8 Å². The number of nitrogens with zero attached hydrogens (tertiary/aromatic N) is 5. The Morgan fingerprint density at radius 2 is 2.00 bits per heavy atom. The van der Waals surface area contributed by atoms with Crippen molar-refractivity contribution < 1.29 is 9.53 Å². The number of esters is 1. The minimum absolute atomic E-state index is 0.0250. The molecule has 0 saturated carbocycles. The highest BCUT2D eigenvalue weighted by Crippen LogP contribution is 2.24. The van der Waals surface area contributed by atoms with Gasteiger partial charge in [0.05, 0.1) is 6.20 Å². The molecule has 3 rings (SSSR count). The summed E-state index contributed by atoms with van der Waals surface area (Å²) >= 11 is 0. The Bertz CT molecular complexity index is 1150. The van der Waals surface area contributed by atoms with Gasteiger partial charge in [-0.2, -0.15) is 25.0 Å². The molecule has 0 bridgehead atoms. The number of anilines is 3. The summed E-state index contributed by atoms with van der Waals surface area (Å²) < 4.78 is 6.55. The molecule has 30 heavy (non-hydrogen) atoms. The number of aryl methyl sites for hydroxylation is 1. The molecule has 0 atom stereocenters. The average Bonchev–Trinajstić information content (AvgIpc) is 3.05. The van der Waals surface area contributed by atoms with Crippen molar-refractivity contribution in [3.63, 3.8) is 0 Å². The number of nitrogen functional groups attached to an aromatic ring is 1. The molecule has 154 valence electrons. The first kappa shape index (κ1) is 20.8. The number of carbonyl (C=O) groups excluding carboxylic acids is 1. The summed E-state index contributed by atoms with van der Waals surface area (Å²) in [6.07, 6.45) is 1.30. The van der Waals surface area contributed by atoms with E-state index in [0.717, 1.165) is 16.8 Å². The van der Waals surface area contributed by atoms with Gasteiger partial charge in [-0.1, -0.05) is 12.1 Å². The zero-order valence-electron chi connectivity index (χ0n) is 17.5. The van der Waals surface area contributed by atoms with Crippen LogP contribution in [0.1, 0.15) is 48.0 Å². The molecule has 9 heteroatoms. The number of nitriles is 1. The summed E-state index contributed by atoms with van der Waals surface area (Å²) in [4.78, 5) is 21.0. The quantitative estimate of drug-likeness (QED) is 0.631. The Labute approximate surface area is 174 Å². The number of carbonyl (C=O) groups is 1. The van der Waals surface area contributed by atoms with Crippen molar-refractivity contribution in [1.82, 2.24) is 19.7 Å². The minimum Gasteiger partial charge on any atom is -0.456 e. The van der Waals surface area contributed by atoms with Crippen LogP contribution in [0, 0.1) is 25.2 Å². The van der Waals surface area contributed by atoms with E-state index in [1.54, 1.807) is 20.8 Å². The molecule has 0 amide bonds. The number of hydrogen-bond donors (Lipinski definition) is 2. The fourth-order valence-electron chi connectivity index (χ4n) is 2.68. The SMILES string of the molecule is Cc1cccc(Nc2cc(C#N)nc(-n3ncc(C(=O)OC(C)(C)C)c3N)n2)c1C. The van der Waals surface area contributed by atoms with Gasteiger partial charge in [-0.3, -0.25) is 0 Å². The maximum Gasteiger partial charge on any atom is 0.344 e. The number of aromatic nitrogens is 4. The summed E-state index contributed by atoms with van der Waals surface area (Å²) in [6.45, 7) is 9.28. The molecule has 1 aromatic carbocycles. The van der Waals surface area contributed by atoms with Gasteiger partial charge in [0.15, 0.2) is 0 Å². The van der Waals surface area contributed by atoms with Crippen molar-refractivity contribution in [1.29, 1.82) is 5.26 Å². The van der Waals surface area contributed by atoms with Gasteiger partial charge < -0.3 is 15.8 Å². The van der Waals surface area contributed by atoms with E-state index in [1.165, 1.54) is 16.9 Å². The van der Waals surface area contributed by atoms with Crippen LogP contribution in [0.4, 0.5) is 17.3 Å². The molecule has 0 radical (unpaired) electrons. The normalized spacial score (nSPS) is 11.1. The van der Waals surface area contributed by atoms with Gasteiger partial charge in [-0.25, -0.2) is 4.79 Å². The average molecular weight is 405 g/mol. The van der Waals surface area contributed by atoms with E-state index >= 15 is 0 Å².